The van der Waals surface area contributed by atoms with Crippen LogP contribution in [0.25, 0.3) is 0 Å². The van der Waals surface area contributed by atoms with E-state index in [2.05, 4.69) is 5.10 Å². The Balaban J connectivity index is 1.31. The van der Waals surface area contributed by atoms with Crippen molar-refractivity contribution < 1.29 is 18.7 Å². The molecule has 0 spiro atoms. The van der Waals surface area contributed by atoms with Gasteiger partial charge in [0.05, 0.1) is 17.2 Å². The standard InChI is InChI=1S/C24H23N3O4S/c28-23(26-11-1-2-12-26)16-31-18-9-7-17(8-10-18)20-15-19(21-5-3-13-30-21)25-27(20)24(29)22-6-4-14-32-22/h3-10,13-14,20H,1-2,11-12,15-16H2/t20-/m0/s1. The van der Waals surface area contributed by atoms with Crippen molar-refractivity contribution in [2.24, 2.45) is 5.10 Å². The molecule has 1 atom stereocenters. The molecule has 0 radical (unpaired) electrons. The van der Waals surface area contributed by atoms with E-state index in [-0.39, 0.29) is 24.5 Å². The maximum atomic E-state index is 13.1. The van der Waals surface area contributed by atoms with Gasteiger partial charge in [0.2, 0.25) is 0 Å². The number of carbonyl (C=O) groups excluding carboxylic acids is 2. The van der Waals surface area contributed by atoms with Gasteiger partial charge in [-0.3, -0.25) is 9.59 Å². The largest absolute Gasteiger partial charge is 0.484 e. The Kier molecular flexibility index (Phi) is 5.77. The Morgan fingerprint density at radius 2 is 1.91 bits per heavy atom. The zero-order chi connectivity index (χ0) is 21.9. The van der Waals surface area contributed by atoms with Crippen LogP contribution in [-0.4, -0.2) is 47.1 Å². The molecule has 1 fully saturated rings. The first kappa shape index (κ1) is 20.5. The van der Waals surface area contributed by atoms with Crippen LogP contribution in [0.5, 0.6) is 5.75 Å². The second-order valence-corrected chi connectivity index (χ2v) is 8.76. The van der Waals surface area contributed by atoms with Crippen molar-refractivity contribution in [1.29, 1.82) is 0 Å². The second-order valence-electron chi connectivity index (χ2n) is 7.82. The van der Waals surface area contributed by atoms with Crippen LogP contribution < -0.4 is 4.74 Å². The third-order valence-electron chi connectivity index (χ3n) is 5.74. The van der Waals surface area contributed by atoms with Gasteiger partial charge in [0.25, 0.3) is 11.8 Å². The summed E-state index contributed by atoms with van der Waals surface area (Å²) in [6, 6.07) is 14.6. The molecule has 0 bridgehead atoms. The first-order valence-corrected chi connectivity index (χ1v) is 11.6. The summed E-state index contributed by atoms with van der Waals surface area (Å²) in [7, 11) is 0. The molecule has 8 heteroatoms. The van der Waals surface area contributed by atoms with Crippen molar-refractivity contribution in [2.45, 2.75) is 25.3 Å². The monoisotopic (exact) mass is 449 g/mol. The minimum atomic E-state index is -0.245. The van der Waals surface area contributed by atoms with Gasteiger partial charge in [-0.25, -0.2) is 5.01 Å². The quantitative estimate of drug-likeness (QED) is 0.561. The number of thiophene rings is 1. The number of hydrogen-bond acceptors (Lipinski definition) is 6. The van der Waals surface area contributed by atoms with Crippen molar-refractivity contribution >= 4 is 28.9 Å². The predicted octanol–water partition coefficient (Wildman–Crippen LogP) is 4.33. The smallest absolute Gasteiger partial charge is 0.284 e. The summed E-state index contributed by atoms with van der Waals surface area (Å²) in [6.45, 7) is 1.67. The van der Waals surface area contributed by atoms with E-state index in [1.165, 1.54) is 16.3 Å². The number of benzene rings is 1. The van der Waals surface area contributed by atoms with Gasteiger partial charge in [-0.1, -0.05) is 18.2 Å². The highest BCUT2D eigenvalue weighted by Crippen LogP contribution is 2.35. The van der Waals surface area contributed by atoms with Crippen LogP contribution in [0.3, 0.4) is 0 Å². The summed E-state index contributed by atoms with van der Waals surface area (Å²) >= 11 is 1.40. The second kappa shape index (κ2) is 9.00. The molecule has 32 heavy (non-hydrogen) atoms. The van der Waals surface area contributed by atoms with E-state index in [9.17, 15) is 9.59 Å². The fourth-order valence-corrected chi connectivity index (χ4v) is 4.71. The first-order chi connectivity index (χ1) is 15.7. The zero-order valence-corrected chi connectivity index (χ0v) is 18.3. The molecule has 5 rings (SSSR count). The number of hydrazone groups is 1. The number of carbonyl (C=O) groups is 2. The van der Waals surface area contributed by atoms with Crippen LogP contribution >= 0.6 is 11.3 Å². The van der Waals surface area contributed by atoms with Crippen molar-refractivity contribution in [1.82, 2.24) is 9.91 Å². The number of amides is 2. The van der Waals surface area contributed by atoms with Crippen LogP contribution in [-0.2, 0) is 4.79 Å². The normalized spacial score (nSPS) is 18.1. The highest BCUT2D eigenvalue weighted by molar-refractivity contribution is 7.12. The molecule has 2 aliphatic rings. The van der Waals surface area contributed by atoms with Crippen molar-refractivity contribution in [3.05, 3.63) is 76.4 Å². The Labute approximate surface area is 189 Å². The van der Waals surface area contributed by atoms with Gasteiger partial charge < -0.3 is 14.1 Å². The average molecular weight is 450 g/mol. The summed E-state index contributed by atoms with van der Waals surface area (Å²) in [4.78, 5) is 27.8. The number of ether oxygens (including phenoxy) is 1. The van der Waals surface area contributed by atoms with E-state index >= 15 is 0 Å². The van der Waals surface area contributed by atoms with E-state index in [1.54, 1.807) is 12.3 Å². The summed E-state index contributed by atoms with van der Waals surface area (Å²) < 4.78 is 11.2. The molecule has 1 saturated heterocycles. The molecular weight excluding hydrogens is 426 g/mol. The SMILES string of the molecule is O=C(COc1ccc([C@@H]2CC(c3ccco3)=NN2C(=O)c2cccs2)cc1)N1CCCC1. The average Bonchev–Trinajstić information content (AvgIpc) is 3.64. The molecule has 2 aromatic heterocycles. The Bertz CT molecular complexity index is 1100. The predicted molar refractivity (Wildman–Crippen MR) is 121 cm³/mol. The topological polar surface area (TPSA) is 75.3 Å². The van der Waals surface area contributed by atoms with Crippen molar-refractivity contribution in [3.63, 3.8) is 0 Å². The van der Waals surface area contributed by atoms with Gasteiger partial charge >= 0.3 is 0 Å². The van der Waals surface area contributed by atoms with Gasteiger partial charge in [-0.15, -0.1) is 11.3 Å². The minimum absolute atomic E-state index is 0.0200. The number of nitrogens with zero attached hydrogens (tertiary/aromatic N) is 3. The van der Waals surface area contributed by atoms with Crippen LogP contribution in [0.1, 0.15) is 46.3 Å². The van der Waals surface area contributed by atoms with E-state index in [4.69, 9.17) is 9.15 Å². The summed E-state index contributed by atoms with van der Waals surface area (Å²) in [6.07, 6.45) is 4.28. The first-order valence-electron chi connectivity index (χ1n) is 10.7. The molecule has 1 aromatic carbocycles. The summed E-state index contributed by atoms with van der Waals surface area (Å²) in [5, 5.41) is 8.02. The molecule has 0 aliphatic carbocycles. The molecule has 4 heterocycles. The number of hydrogen-bond donors (Lipinski definition) is 0. The zero-order valence-electron chi connectivity index (χ0n) is 17.5. The molecule has 0 unspecified atom stereocenters. The van der Waals surface area contributed by atoms with Gasteiger partial charge in [0.15, 0.2) is 6.61 Å². The minimum Gasteiger partial charge on any atom is -0.484 e. The molecule has 2 aliphatic heterocycles. The molecule has 2 amide bonds. The maximum Gasteiger partial charge on any atom is 0.284 e. The number of rotatable bonds is 6. The highest BCUT2D eigenvalue weighted by atomic mass is 32.1. The van der Waals surface area contributed by atoms with Crippen LogP contribution in [0, 0.1) is 0 Å². The van der Waals surface area contributed by atoms with Crippen LogP contribution in [0.15, 0.2) is 69.7 Å². The molecule has 3 aromatic rings. The Morgan fingerprint density at radius 3 is 2.59 bits per heavy atom. The summed E-state index contributed by atoms with van der Waals surface area (Å²) in [5.41, 5.74) is 1.68. The van der Waals surface area contributed by atoms with E-state index in [0.717, 1.165) is 37.2 Å². The van der Waals surface area contributed by atoms with Crippen LogP contribution in [0.2, 0.25) is 0 Å². The van der Waals surface area contributed by atoms with E-state index in [0.29, 0.717) is 22.8 Å². The fourth-order valence-electron chi connectivity index (χ4n) is 4.05. The van der Waals surface area contributed by atoms with Crippen LogP contribution in [0.4, 0.5) is 0 Å². The number of furan rings is 1. The lowest BCUT2D eigenvalue weighted by molar-refractivity contribution is -0.132. The van der Waals surface area contributed by atoms with E-state index < -0.39 is 0 Å². The third-order valence-corrected chi connectivity index (χ3v) is 6.60. The molecule has 0 N–H and O–H groups in total. The van der Waals surface area contributed by atoms with Gasteiger partial charge in [0, 0.05) is 19.5 Å². The fraction of sp³-hybridized carbons (Fsp3) is 0.292. The Hall–Kier alpha value is -3.39. The molecular formula is C24H23N3O4S. The lowest BCUT2D eigenvalue weighted by atomic mass is 10.0. The lowest BCUT2D eigenvalue weighted by Gasteiger charge is -2.22. The lowest BCUT2D eigenvalue weighted by Crippen LogP contribution is -2.32. The van der Waals surface area contributed by atoms with E-state index in [1.807, 2.05) is 52.7 Å². The third kappa shape index (κ3) is 4.18. The molecule has 7 nitrogen and oxygen atoms in total. The van der Waals surface area contributed by atoms with Gasteiger partial charge in [0.1, 0.15) is 17.2 Å². The van der Waals surface area contributed by atoms with Crippen molar-refractivity contribution in [3.8, 4) is 5.75 Å². The van der Waals surface area contributed by atoms with Gasteiger partial charge in [-0.05, 0) is 54.1 Å². The highest BCUT2D eigenvalue weighted by Gasteiger charge is 2.35. The van der Waals surface area contributed by atoms with Gasteiger partial charge in [-0.2, -0.15) is 5.10 Å². The number of likely N-dealkylation sites (tertiary alicyclic amines) is 1. The molecule has 164 valence electrons. The maximum absolute atomic E-state index is 13.1. The Morgan fingerprint density at radius 1 is 1.09 bits per heavy atom. The molecule has 0 saturated carbocycles. The van der Waals surface area contributed by atoms with Crippen molar-refractivity contribution in [2.75, 3.05) is 19.7 Å². The summed E-state index contributed by atoms with van der Waals surface area (Å²) in [5.74, 6) is 1.18.